The van der Waals surface area contributed by atoms with Crippen LogP contribution in [0.2, 0.25) is 0 Å². The third kappa shape index (κ3) is 5.31. The minimum absolute atomic E-state index is 0.269. The van der Waals surface area contributed by atoms with E-state index in [1.165, 1.54) is 11.3 Å². The molecule has 0 spiro atoms. The molecule has 0 bridgehead atoms. The number of aliphatic hydroxyl groups is 1. The van der Waals surface area contributed by atoms with Crippen molar-refractivity contribution >= 4 is 23.4 Å². The van der Waals surface area contributed by atoms with Gasteiger partial charge >= 0.3 is 12.1 Å². The van der Waals surface area contributed by atoms with Gasteiger partial charge in [0.2, 0.25) is 5.60 Å². The quantitative estimate of drug-likeness (QED) is 0.515. The average molecular weight is 440 g/mol. The molecule has 0 radical (unpaired) electrons. The van der Waals surface area contributed by atoms with Gasteiger partial charge in [-0.2, -0.15) is 0 Å². The maximum absolute atomic E-state index is 12.0. The van der Waals surface area contributed by atoms with Gasteiger partial charge in [-0.25, -0.2) is 9.59 Å². The van der Waals surface area contributed by atoms with Crippen molar-refractivity contribution in [3.8, 4) is 10.4 Å². The molecule has 0 saturated heterocycles. The second-order valence-electron chi connectivity index (χ2n) is 8.08. The Labute approximate surface area is 185 Å². The lowest BCUT2D eigenvalue weighted by atomic mass is 9.85. The first-order chi connectivity index (χ1) is 14.6. The van der Waals surface area contributed by atoms with E-state index in [4.69, 9.17) is 4.74 Å². The molecule has 3 N–H and O–H groups in total. The second-order valence-corrected chi connectivity index (χ2v) is 9.25. The molecular weight excluding hydrogens is 414 g/mol. The van der Waals surface area contributed by atoms with Crippen molar-refractivity contribution in [3.63, 3.8) is 0 Å². The number of benzene rings is 2. The largest absolute Gasteiger partial charge is 0.479 e. The summed E-state index contributed by atoms with van der Waals surface area (Å²) >= 11 is 1.47. The number of carbonyl (C=O) groups is 2. The van der Waals surface area contributed by atoms with E-state index in [1.807, 2.05) is 18.2 Å². The van der Waals surface area contributed by atoms with Crippen LogP contribution in [0.5, 0.6) is 0 Å². The van der Waals surface area contributed by atoms with Crippen LogP contribution in [0.4, 0.5) is 4.79 Å². The molecule has 1 heterocycles. The lowest BCUT2D eigenvalue weighted by molar-refractivity contribution is -0.155. The van der Waals surface area contributed by atoms with Crippen molar-refractivity contribution in [1.29, 1.82) is 0 Å². The predicted molar refractivity (Wildman–Crippen MR) is 120 cm³/mol. The third-order valence-electron chi connectivity index (χ3n) is 4.53. The van der Waals surface area contributed by atoms with E-state index in [0.717, 1.165) is 15.3 Å². The van der Waals surface area contributed by atoms with Crippen molar-refractivity contribution in [2.24, 2.45) is 0 Å². The number of carbonyl (C=O) groups excluding carboxylic acids is 1. The zero-order valence-electron chi connectivity index (χ0n) is 17.6. The van der Waals surface area contributed by atoms with Crippen LogP contribution in [0.15, 0.2) is 66.7 Å². The number of nitrogens with one attached hydrogen (secondary N) is 1. The van der Waals surface area contributed by atoms with Gasteiger partial charge in [0.15, 0.2) is 0 Å². The van der Waals surface area contributed by atoms with Gasteiger partial charge in [-0.15, -0.1) is 11.3 Å². The topological polar surface area (TPSA) is 95.9 Å². The van der Waals surface area contributed by atoms with Crippen LogP contribution in [0.1, 0.15) is 36.8 Å². The second kappa shape index (κ2) is 8.91. The highest BCUT2D eigenvalue weighted by Gasteiger charge is 2.40. The number of ether oxygens (including phenoxy) is 1. The number of amides is 1. The van der Waals surface area contributed by atoms with Gasteiger partial charge in [-0.1, -0.05) is 48.5 Å². The van der Waals surface area contributed by atoms with Gasteiger partial charge in [0, 0.05) is 15.3 Å². The average Bonchev–Trinajstić information content (AvgIpc) is 3.20. The Morgan fingerprint density at radius 1 is 0.968 bits per heavy atom. The maximum atomic E-state index is 12.0. The lowest BCUT2D eigenvalue weighted by Gasteiger charge is -2.25. The molecule has 1 aromatic heterocycles. The van der Waals surface area contributed by atoms with Gasteiger partial charge in [-0.05, 0) is 50.1 Å². The first kappa shape index (κ1) is 22.5. The molecule has 0 aliphatic heterocycles. The molecule has 2 aromatic carbocycles. The van der Waals surface area contributed by atoms with Crippen LogP contribution < -0.4 is 5.32 Å². The van der Waals surface area contributed by atoms with Crippen molar-refractivity contribution in [1.82, 2.24) is 5.32 Å². The fraction of sp³-hybridized carbons (Fsp3) is 0.250. The summed E-state index contributed by atoms with van der Waals surface area (Å²) in [6.07, 6.45) is -0.487. The van der Waals surface area contributed by atoms with E-state index >= 15 is 0 Å². The highest BCUT2D eigenvalue weighted by molar-refractivity contribution is 7.15. The van der Waals surface area contributed by atoms with Crippen LogP contribution >= 0.6 is 11.3 Å². The summed E-state index contributed by atoms with van der Waals surface area (Å²) in [5, 5.41) is 23.6. The standard InChI is InChI=1S/C24H25NO5S/c1-23(2,3)30-22(28)25-15-19-12-13-20(31-19)16-8-7-11-18(14-16)24(29,21(26)27)17-9-5-4-6-10-17/h4-14,29H,15H2,1-3H3,(H,25,28)(H,26,27). The van der Waals surface area contributed by atoms with E-state index < -0.39 is 23.3 Å². The third-order valence-corrected chi connectivity index (χ3v) is 5.67. The number of carboxylic acid groups (broad SMARTS) is 1. The lowest BCUT2D eigenvalue weighted by Crippen LogP contribution is -2.36. The fourth-order valence-electron chi connectivity index (χ4n) is 3.09. The highest BCUT2D eigenvalue weighted by Crippen LogP contribution is 2.34. The monoisotopic (exact) mass is 439 g/mol. The molecule has 7 heteroatoms. The van der Waals surface area contributed by atoms with Gasteiger partial charge in [-0.3, -0.25) is 0 Å². The van der Waals surface area contributed by atoms with E-state index in [2.05, 4.69) is 5.32 Å². The number of rotatable bonds is 6. The minimum atomic E-state index is -2.16. The Morgan fingerprint density at radius 3 is 2.29 bits per heavy atom. The van der Waals surface area contributed by atoms with Gasteiger partial charge < -0.3 is 20.3 Å². The van der Waals surface area contributed by atoms with Crippen LogP contribution in [-0.2, 0) is 21.7 Å². The molecular formula is C24H25NO5S. The molecule has 6 nitrogen and oxygen atoms in total. The summed E-state index contributed by atoms with van der Waals surface area (Å²) in [6.45, 7) is 5.73. The van der Waals surface area contributed by atoms with E-state index in [9.17, 15) is 19.8 Å². The van der Waals surface area contributed by atoms with Gasteiger partial charge in [0.05, 0.1) is 6.54 Å². The molecule has 31 heavy (non-hydrogen) atoms. The summed E-state index contributed by atoms with van der Waals surface area (Å²) in [5.74, 6) is -1.34. The van der Waals surface area contributed by atoms with Crippen molar-refractivity contribution < 1.29 is 24.5 Å². The van der Waals surface area contributed by atoms with Gasteiger partial charge in [0.1, 0.15) is 5.60 Å². The molecule has 0 aliphatic carbocycles. The summed E-state index contributed by atoms with van der Waals surface area (Å²) in [6, 6.07) is 19.0. The van der Waals surface area contributed by atoms with Crippen LogP contribution in [0.3, 0.4) is 0 Å². The summed E-state index contributed by atoms with van der Waals surface area (Å²) < 4.78 is 5.24. The molecule has 0 aliphatic rings. The Hall–Kier alpha value is -3.16. The van der Waals surface area contributed by atoms with Crippen LogP contribution in [-0.4, -0.2) is 27.9 Å². The predicted octanol–water partition coefficient (Wildman–Crippen LogP) is 4.76. The van der Waals surface area contributed by atoms with Crippen LogP contribution in [0, 0.1) is 0 Å². The van der Waals surface area contributed by atoms with Gasteiger partial charge in [0.25, 0.3) is 0 Å². The number of thiophene rings is 1. The van der Waals surface area contributed by atoms with E-state index in [1.54, 1.807) is 69.3 Å². The number of aliphatic carboxylic acids is 1. The summed E-state index contributed by atoms with van der Waals surface area (Å²) in [5.41, 5.74) is -1.39. The Morgan fingerprint density at radius 2 is 1.65 bits per heavy atom. The molecule has 3 rings (SSSR count). The molecule has 0 saturated carbocycles. The summed E-state index contributed by atoms with van der Waals surface area (Å²) in [7, 11) is 0. The van der Waals surface area contributed by atoms with Crippen molar-refractivity contribution in [2.45, 2.75) is 38.5 Å². The number of alkyl carbamates (subject to hydrolysis) is 1. The van der Waals surface area contributed by atoms with Crippen LogP contribution in [0.25, 0.3) is 10.4 Å². The SMILES string of the molecule is CC(C)(C)OC(=O)NCc1ccc(-c2cccc(C(O)(C(=O)O)c3ccccc3)c2)s1. The maximum Gasteiger partial charge on any atom is 0.407 e. The first-order valence-corrected chi connectivity index (χ1v) is 10.6. The van der Waals surface area contributed by atoms with E-state index in [-0.39, 0.29) is 11.1 Å². The van der Waals surface area contributed by atoms with Crippen molar-refractivity contribution in [3.05, 3.63) is 82.7 Å². The normalized spacial score (nSPS) is 13.3. The molecule has 1 amide bonds. The fourth-order valence-corrected chi connectivity index (χ4v) is 4.04. The Kier molecular flexibility index (Phi) is 6.48. The zero-order valence-corrected chi connectivity index (χ0v) is 18.4. The molecule has 1 unspecified atom stereocenters. The summed E-state index contributed by atoms with van der Waals surface area (Å²) in [4.78, 5) is 25.7. The molecule has 1 atom stereocenters. The van der Waals surface area contributed by atoms with E-state index in [0.29, 0.717) is 6.54 Å². The number of carboxylic acids is 1. The first-order valence-electron chi connectivity index (χ1n) is 9.77. The number of hydrogen-bond acceptors (Lipinski definition) is 5. The molecule has 3 aromatic rings. The van der Waals surface area contributed by atoms with Crippen molar-refractivity contribution in [2.75, 3.05) is 0 Å². The Bertz CT molecular complexity index is 1070. The molecule has 162 valence electrons. The molecule has 0 fully saturated rings. The minimum Gasteiger partial charge on any atom is -0.479 e. The Balaban J connectivity index is 1.82. The smallest absolute Gasteiger partial charge is 0.407 e. The zero-order chi connectivity index (χ0) is 22.6. The highest BCUT2D eigenvalue weighted by atomic mass is 32.1. The number of hydrogen-bond donors (Lipinski definition) is 3.